The predicted octanol–water partition coefficient (Wildman–Crippen LogP) is 4.27. The number of hydrogen-bond donors (Lipinski definition) is 2. The summed E-state index contributed by atoms with van der Waals surface area (Å²) in [5.41, 5.74) is 2.82. The Kier molecular flexibility index (Phi) is 6.47. The number of para-hydroxylation sites is 1. The normalized spacial score (nSPS) is 14.2. The summed E-state index contributed by atoms with van der Waals surface area (Å²) in [5, 5.41) is 9.81. The number of halogens is 1. The zero-order chi connectivity index (χ0) is 24.5. The summed E-state index contributed by atoms with van der Waals surface area (Å²) in [6.45, 7) is 5.69. The van der Waals surface area contributed by atoms with Crippen LogP contribution < -0.4 is 14.5 Å². The molecule has 2 N–H and O–H groups in total. The van der Waals surface area contributed by atoms with Crippen LogP contribution in [0.2, 0.25) is 0 Å². The van der Waals surface area contributed by atoms with Crippen molar-refractivity contribution in [3.63, 3.8) is 0 Å². The zero-order valence-corrected chi connectivity index (χ0v) is 19.8. The van der Waals surface area contributed by atoms with Crippen LogP contribution in [0.3, 0.4) is 0 Å². The summed E-state index contributed by atoms with van der Waals surface area (Å²) in [7, 11) is -3.88. The maximum atomic E-state index is 14.1. The second-order valence-corrected chi connectivity index (χ2v) is 10.1. The molecule has 0 radical (unpaired) electrons. The molecule has 1 aliphatic heterocycles. The smallest absolute Gasteiger partial charge is 0.337 e. The largest absolute Gasteiger partial charge is 0.478 e. The van der Waals surface area contributed by atoms with Gasteiger partial charge in [0.15, 0.2) is 0 Å². The van der Waals surface area contributed by atoms with Gasteiger partial charge in [-0.2, -0.15) is 0 Å². The molecule has 4 rings (SSSR count). The Labute approximate surface area is 198 Å². The Morgan fingerprint density at radius 1 is 0.882 bits per heavy atom. The SMILES string of the molecule is Cc1cc(C)cc(S(=O)(=O)Nc2ccc(N3CCN(c4ccccc4F)CC3)c(C(=O)O)c2)c1. The highest BCUT2D eigenvalue weighted by atomic mass is 32.2. The molecule has 34 heavy (non-hydrogen) atoms. The number of sulfonamides is 1. The molecule has 0 aromatic heterocycles. The number of carbonyl (C=O) groups is 1. The van der Waals surface area contributed by atoms with E-state index in [-0.39, 0.29) is 22.0 Å². The molecule has 0 bridgehead atoms. The molecule has 9 heteroatoms. The highest BCUT2D eigenvalue weighted by Gasteiger charge is 2.24. The number of aryl methyl sites for hydroxylation is 2. The number of nitrogens with zero attached hydrogens (tertiary/aromatic N) is 2. The summed E-state index contributed by atoms with van der Waals surface area (Å²) < 4.78 is 42.3. The van der Waals surface area contributed by atoms with Crippen molar-refractivity contribution in [2.45, 2.75) is 18.7 Å². The fraction of sp³-hybridized carbons (Fsp3) is 0.240. The van der Waals surface area contributed by atoms with Crippen molar-refractivity contribution in [2.24, 2.45) is 0 Å². The second kappa shape index (κ2) is 9.34. The lowest BCUT2D eigenvalue weighted by molar-refractivity contribution is 0.0697. The fourth-order valence-corrected chi connectivity index (χ4v) is 5.48. The van der Waals surface area contributed by atoms with Crippen LogP contribution in [0.1, 0.15) is 21.5 Å². The Morgan fingerprint density at radius 2 is 1.47 bits per heavy atom. The highest BCUT2D eigenvalue weighted by molar-refractivity contribution is 7.92. The molecule has 1 aliphatic rings. The molecule has 1 fully saturated rings. The van der Waals surface area contributed by atoms with Gasteiger partial charge in [-0.1, -0.05) is 18.2 Å². The molecular weight excluding hydrogens is 457 g/mol. The third-order valence-corrected chi connectivity index (χ3v) is 7.16. The summed E-state index contributed by atoms with van der Waals surface area (Å²) >= 11 is 0. The first kappa shape index (κ1) is 23.6. The van der Waals surface area contributed by atoms with E-state index in [4.69, 9.17) is 0 Å². The lowest BCUT2D eigenvalue weighted by Crippen LogP contribution is -2.47. The number of anilines is 3. The minimum atomic E-state index is -3.88. The fourth-order valence-electron chi connectivity index (χ4n) is 4.25. The average molecular weight is 484 g/mol. The van der Waals surface area contributed by atoms with E-state index < -0.39 is 16.0 Å². The Bertz CT molecular complexity index is 1320. The molecule has 0 spiro atoms. The van der Waals surface area contributed by atoms with Crippen LogP contribution in [-0.4, -0.2) is 45.7 Å². The van der Waals surface area contributed by atoms with Crippen LogP contribution in [0.15, 0.2) is 65.6 Å². The summed E-state index contributed by atoms with van der Waals surface area (Å²) in [6, 6.07) is 16.1. The number of nitrogens with one attached hydrogen (secondary N) is 1. The molecule has 0 saturated carbocycles. The monoisotopic (exact) mass is 483 g/mol. The number of carboxylic acid groups (broad SMARTS) is 1. The molecule has 1 heterocycles. The van der Waals surface area contributed by atoms with Crippen LogP contribution in [0.4, 0.5) is 21.5 Å². The molecule has 3 aromatic rings. The molecule has 0 unspecified atom stereocenters. The van der Waals surface area contributed by atoms with E-state index >= 15 is 0 Å². The van der Waals surface area contributed by atoms with E-state index in [1.54, 1.807) is 42.5 Å². The number of benzene rings is 3. The van der Waals surface area contributed by atoms with Gasteiger partial charge in [-0.15, -0.1) is 0 Å². The first-order chi connectivity index (χ1) is 16.1. The average Bonchev–Trinajstić information content (AvgIpc) is 2.79. The van der Waals surface area contributed by atoms with E-state index in [0.29, 0.717) is 37.6 Å². The molecule has 0 amide bonds. The maximum Gasteiger partial charge on any atom is 0.337 e. The molecule has 7 nitrogen and oxygen atoms in total. The molecule has 178 valence electrons. The Morgan fingerprint density at radius 3 is 2.06 bits per heavy atom. The van der Waals surface area contributed by atoms with Crippen molar-refractivity contribution in [1.29, 1.82) is 0 Å². The van der Waals surface area contributed by atoms with Crippen LogP contribution in [0.25, 0.3) is 0 Å². The summed E-state index contributed by atoms with van der Waals surface area (Å²) in [4.78, 5) is 16.0. The Balaban J connectivity index is 1.54. The summed E-state index contributed by atoms with van der Waals surface area (Å²) in [5.74, 6) is -1.44. The van der Waals surface area contributed by atoms with Gasteiger partial charge in [0.1, 0.15) is 5.82 Å². The van der Waals surface area contributed by atoms with Gasteiger partial charge in [0, 0.05) is 31.9 Å². The van der Waals surface area contributed by atoms with Crippen LogP contribution in [0.5, 0.6) is 0 Å². The second-order valence-electron chi connectivity index (χ2n) is 8.39. The Hall–Kier alpha value is -3.59. The van der Waals surface area contributed by atoms with E-state index in [0.717, 1.165) is 11.1 Å². The van der Waals surface area contributed by atoms with Gasteiger partial charge in [0.25, 0.3) is 10.0 Å². The van der Waals surface area contributed by atoms with Gasteiger partial charge in [-0.25, -0.2) is 17.6 Å². The van der Waals surface area contributed by atoms with Crippen molar-refractivity contribution in [3.05, 3.63) is 83.2 Å². The van der Waals surface area contributed by atoms with Gasteiger partial charge < -0.3 is 14.9 Å². The first-order valence-electron chi connectivity index (χ1n) is 10.9. The van der Waals surface area contributed by atoms with Crippen molar-refractivity contribution >= 4 is 33.1 Å². The molecule has 1 saturated heterocycles. The highest BCUT2D eigenvalue weighted by Crippen LogP contribution is 2.29. The number of hydrogen-bond acceptors (Lipinski definition) is 5. The van der Waals surface area contributed by atoms with Crippen LogP contribution in [0, 0.1) is 19.7 Å². The van der Waals surface area contributed by atoms with E-state index in [1.165, 1.54) is 12.1 Å². The number of aromatic carboxylic acids is 1. The first-order valence-corrected chi connectivity index (χ1v) is 12.4. The minimum Gasteiger partial charge on any atom is -0.478 e. The lowest BCUT2D eigenvalue weighted by Gasteiger charge is -2.38. The van der Waals surface area contributed by atoms with Crippen LogP contribution in [-0.2, 0) is 10.0 Å². The van der Waals surface area contributed by atoms with E-state index in [1.807, 2.05) is 29.7 Å². The zero-order valence-electron chi connectivity index (χ0n) is 19.0. The summed E-state index contributed by atoms with van der Waals surface area (Å²) in [6.07, 6.45) is 0. The van der Waals surface area contributed by atoms with Crippen molar-refractivity contribution in [1.82, 2.24) is 0 Å². The van der Waals surface area contributed by atoms with E-state index in [2.05, 4.69) is 4.72 Å². The molecular formula is C25H26FN3O4S. The topological polar surface area (TPSA) is 90.0 Å². The quantitative estimate of drug-likeness (QED) is 0.544. The minimum absolute atomic E-state index is 0.0000329. The number of piperazine rings is 1. The van der Waals surface area contributed by atoms with Gasteiger partial charge in [-0.3, -0.25) is 4.72 Å². The van der Waals surface area contributed by atoms with Gasteiger partial charge >= 0.3 is 5.97 Å². The molecule has 0 atom stereocenters. The molecule has 0 aliphatic carbocycles. The maximum absolute atomic E-state index is 14.1. The predicted molar refractivity (Wildman–Crippen MR) is 131 cm³/mol. The van der Waals surface area contributed by atoms with Crippen molar-refractivity contribution in [2.75, 3.05) is 40.7 Å². The van der Waals surface area contributed by atoms with Crippen molar-refractivity contribution < 1.29 is 22.7 Å². The number of rotatable bonds is 6. The van der Waals surface area contributed by atoms with Gasteiger partial charge in [-0.05, 0) is 67.4 Å². The van der Waals surface area contributed by atoms with Crippen LogP contribution >= 0.6 is 0 Å². The standard InChI is InChI=1S/C25H26FN3O4S/c1-17-13-18(2)15-20(14-17)34(32,33)27-19-7-8-23(21(16-19)25(30)31)28-9-11-29(12-10-28)24-6-4-3-5-22(24)26/h3-8,13-16,27H,9-12H2,1-2H3,(H,30,31). The van der Waals surface area contributed by atoms with E-state index in [9.17, 15) is 22.7 Å². The number of carboxylic acids is 1. The van der Waals surface area contributed by atoms with Crippen molar-refractivity contribution in [3.8, 4) is 0 Å². The lowest BCUT2D eigenvalue weighted by atomic mass is 10.1. The third-order valence-electron chi connectivity index (χ3n) is 5.80. The third kappa shape index (κ3) is 4.99. The van der Waals surface area contributed by atoms with Gasteiger partial charge in [0.2, 0.25) is 0 Å². The molecule has 3 aromatic carbocycles. The van der Waals surface area contributed by atoms with Gasteiger partial charge in [0.05, 0.1) is 21.8 Å².